The van der Waals surface area contributed by atoms with Gasteiger partial charge in [0.1, 0.15) is 17.4 Å². The molecule has 0 aliphatic heterocycles. The molecule has 15 heavy (non-hydrogen) atoms. The highest BCUT2D eigenvalue weighted by atomic mass is 35.5. The zero-order valence-corrected chi connectivity index (χ0v) is 9.88. The number of nitrogens with zero attached hydrogens (tertiary/aromatic N) is 1. The molecule has 5 nitrogen and oxygen atoms in total. The number of aliphatic imine (C=N–C) groups is 1. The quantitative estimate of drug-likeness (QED) is 0.407. The first-order valence-electron chi connectivity index (χ1n) is 4.78. The molecule has 0 aromatic heterocycles. The van der Waals surface area contributed by atoms with Crippen LogP contribution in [0.3, 0.4) is 0 Å². The van der Waals surface area contributed by atoms with E-state index in [1.165, 1.54) is 0 Å². The van der Waals surface area contributed by atoms with E-state index in [9.17, 15) is 4.79 Å². The summed E-state index contributed by atoms with van der Waals surface area (Å²) >= 11 is 4.95. The second-order valence-corrected chi connectivity index (χ2v) is 3.92. The first-order valence-corrected chi connectivity index (χ1v) is 5.09. The van der Waals surface area contributed by atoms with Crippen molar-refractivity contribution in [1.82, 2.24) is 0 Å². The number of hydrogen-bond acceptors (Lipinski definition) is 4. The van der Waals surface area contributed by atoms with E-state index in [0.717, 1.165) is 12.8 Å². The van der Waals surface area contributed by atoms with Crippen LogP contribution in [-0.2, 0) is 9.08 Å². The molecule has 0 rings (SSSR count). The lowest BCUT2D eigenvalue weighted by atomic mass is 9.96. The van der Waals surface area contributed by atoms with Crippen molar-refractivity contribution in [2.45, 2.75) is 38.6 Å². The minimum absolute atomic E-state index is 0.512. The molecule has 0 bridgehead atoms. The summed E-state index contributed by atoms with van der Waals surface area (Å²) < 4.78 is 4.07. The number of nitrogens with two attached hydrogens (primary N) is 2. The minimum Gasteiger partial charge on any atom is -0.388 e. The lowest BCUT2D eigenvalue weighted by Crippen LogP contribution is -2.45. The van der Waals surface area contributed by atoms with Crippen LogP contribution in [0.15, 0.2) is 4.99 Å². The summed E-state index contributed by atoms with van der Waals surface area (Å²) in [6.07, 6.45) is 2.12. The maximum absolute atomic E-state index is 11.1. The molecule has 0 heterocycles. The fraction of sp³-hybridized carbons (Fsp3) is 0.778. The summed E-state index contributed by atoms with van der Waals surface area (Å²) in [4.78, 5) is 15.1. The Bertz CT molecular complexity index is 238. The molecule has 0 aliphatic carbocycles. The highest BCUT2D eigenvalue weighted by Crippen LogP contribution is 2.13. The summed E-state index contributed by atoms with van der Waals surface area (Å²) in [6, 6.07) is 0. The van der Waals surface area contributed by atoms with Crippen molar-refractivity contribution in [1.29, 1.82) is 0 Å². The van der Waals surface area contributed by atoms with Crippen molar-refractivity contribution < 1.29 is 9.08 Å². The molecule has 0 fully saturated rings. The van der Waals surface area contributed by atoms with Crippen LogP contribution in [0.4, 0.5) is 0 Å². The van der Waals surface area contributed by atoms with Crippen LogP contribution in [0.5, 0.6) is 0 Å². The topological polar surface area (TPSA) is 90.7 Å². The molecule has 0 aromatic carbocycles. The van der Waals surface area contributed by atoms with E-state index in [1.54, 1.807) is 13.8 Å². The normalized spacial score (nSPS) is 15.9. The Kier molecular flexibility index (Phi) is 6.27. The van der Waals surface area contributed by atoms with Gasteiger partial charge in [-0.15, -0.1) is 0 Å². The second-order valence-electron chi connectivity index (χ2n) is 3.76. The van der Waals surface area contributed by atoms with Crippen molar-refractivity contribution in [2.24, 2.45) is 16.5 Å². The average Bonchev–Trinajstić information content (AvgIpc) is 2.15. The molecule has 0 aliphatic rings. The molecule has 0 radical (unpaired) electrons. The predicted octanol–water partition coefficient (Wildman–Crippen LogP) is 0.948. The highest BCUT2D eigenvalue weighted by Gasteiger charge is 2.29. The Labute approximate surface area is 95.0 Å². The number of unbranched alkanes of at least 4 members (excludes halogenated alkanes) is 1. The van der Waals surface area contributed by atoms with Gasteiger partial charge >= 0.3 is 5.97 Å². The Morgan fingerprint density at radius 2 is 2.13 bits per heavy atom. The molecular formula is C9H18ClN3O2. The van der Waals surface area contributed by atoms with E-state index in [2.05, 4.69) is 9.28 Å². The third-order valence-corrected chi connectivity index (χ3v) is 2.14. The third kappa shape index (κ3) is 6.30. The fourth-order valence-corrected chi connectivity index (χ4v) is 1.23. The molecule has 1 atom stereocenters. The summed E-state index contributed by atoms with van der Waals surface area (Å²) in [5, 5.41) is 0. The van der Waals surface area contributed by atoms with Crippen LogP contribution < -0.4 is 11.5 Å². The molecular weight excluding hydrogens is 218 g/mol. The van der Waals surface area contributed by atoms with Gasteiger partial charge in [0.25, 0.3) is 0 Å². The van der Waals surface area contributed by atoms with E-state index in [1.807, 2.05) is 0 Å². The largest absolute Gasteiger partial charge is 0.388 e. The second kappa shape index (κ2) is 6.63. The van der Waals surface area contributed by atoms with Gasteiger partial charge in [-0.2, -0.15) is 0 Å². The van der Waals surface area contributed by atoms with Crippen LogP contribution in [0.1, 0.15) is 33.1 Å². The number of amidine groups is 1. The number of halogens is 1. The number of carbonyl (C=O) groups is 1. The molecule has 0 saturated carbocycles. The summed E-state index contributed by atoms with van der Waals surface area (Å²) in [5.74, 6) is -0.0478. The zero-order valence-electron chi connectivity index (χ0n) is 9.12. The fourth-order valence-electron chi connectivity index (χ4n) is 1.05. The highest BCUT2D eigenvalue weighted by molar-refractivity contribution is 6.14. The standard InChI is InChI=1S/C9H18ClN3O2/c1-7(11)13-6-4-3-5-9(2,12)8(14)15-10/h3-6,12H2,1-2H3,(H2,11,13). The number of rotatable bonds is 6. The molecule has 4 N–H and O–H groups in total. The van der Waals surface area contributed by atoms with Crippen LogP contribution in [0, 0.1) is 0 Å². The molecule has 88 valence electrons. The molecule has 0 saturated heterocycles. The van der Waals surface area contributed by atoms with Gasteiger partial charge in [-0.1, -0.05) is 0 Å². The van der Waals surface area contributed by atoms with Gasteiger partial charge in [0.05, 0.1) is 5.84 Å². The van der Waals surface area contributed by atoms with Crippen LogP contribution in [0.2, 0.25) is 0 Å². The molecule has 6 heteroatoms. The van der Waals surface area contributed by atoms with Crippen LogP contribution in [0.25, 0.3) is 0 Å². The maximum atomic E-state index is 11.1. The van der Waals surface area contributed by atoms with Gasteiger partial charge in [0.15, 0.2) is 0 Å². The van der Waals surface area contributed by atoms with E-state index < -0.39 is 11.5 Å². The average molecular weight is 236 g/mol. The summed E-state index contributed by atoms with van der Waals surface area (Å²) in [6.45, 7) is 3.97. The van der Waals surface area contributed by atoms with Crippen molar-refractivity contribution >= 4 is 23.7 Å². The van der Waals surface area contributed by atoms with Gasteiger partial charge in [-0.25, -0.2) is 4.79 Å². The smallest absolute Gasteiger partial charge is 0.344 e. The van der Waals surface area contributed by atoms with Crippen LogP contribution >= 0.6 is 11.9 Å². The SMILES string of the molecule is CC(N)=NCCCCC(C)(N)C(=O)OCl. The molecule has 0 spiro atoms. The zero-order chi connectivity index (χ0) is 11.9. The van der Waals surface area contributed by atoms with E-state index in [4.69, 9.17) is 23.3 Å². The van der Waals surface area contributed by atoms with Gasteiger partial charge < -0.3 is 15.8 Å². The van der Waals surface area contributed by atoms with Crippen molar-refractivity contribution in [3.63, 3.8) is 0 Å². The summed E-state index contributed by atoms with van der Waals surface area (Å²) in [5.41, 5.74) is 10.0. The first-order chi connectivity index (χ1) is 6.90. The van der Waals surface area contributed by atoms with E-state index in [0.29, 0.717) is 18.8 Å². The minimum atomic E-state index is -1.02. The first kappa shape index (κ1) is 14.2. The van der Waals surface area contributed by atoms with Gasteiger partial charge in [-0.3, -0.25) is 4.99 Å². The Morgan fingerprint density at radius 3 is 2.60 bits per heavy atom. The lowest BCUT2D eigenvalue weighted by molar-refractivity contribution is -0.139. The molecule has 0 aromatic rings. The predicted molar refractivity (Wildman–Crippen MR) is 60.6 cm³/mol. The van der Waals surface area contributed by atoms with Gasteiger partial charge in [0.2, 0.25) is 0 Å². The maximum Gasteiger partial charge on any atom is 0.344 e. The van der Waals surface area contributed by atoms with Crippen molar-refractivity contribution in [2.75, 3.05) is 6.54 Å². The Morgan fingerprint density at radius 1 is 1.53 bits per heavy atom. The molecule has 1 unspecified atom stereocenters. The van der Waals surface area contributed by atoms with Crippen molar-refractivity contribution in [3.05, 3.63) is 0 Å². The van der Waals surface area contributed by atoms with Gasteiger partial charge in [0, 0.05) is 6.54 Å². The third-order valence-electron chi connectivity index (χ3n) is 2.00. The van der Waals surface area contributed by atoms with Crippen molar-refractivity contribution in [3.8, 4) is 0 Å². The monoisotopic (exact) mass is 235 g/mol. The Hall–Kier alpha value is -0.810. The Balaban J connectivity index is 3.76. The van der Waals surface area contributed by atoms with Gasteiger partial charge in [-0.05, 0) is 33.1 Å². The number of hydrogen-bond donors (Lipinski definition) is 2. The number of carbonyl (C=O) groups excluding carboxylic acids is 1. The van der Waals surface area contributed by atoms with E-state index >= 15 is 0 Å². The summed E-state index contributed by atoms with van der Waals surface area (Å²) in [7, 11) is 0. The van der Waals surface area contributed by atoms with Crippen LogP contribution in [-0.4, -0.2) is 23.9 Å². The van der Waals surface area contributed by atoms with E-state index in [-0.39, 0.29) is 0 Å². The lowest BCUT2D eigenvalue weighted by Gasteiger charge is -2.19. The molecule has 0 amide bonds.